The lowest BCUT2D eigenvalue weighted by Crippen LogP contribution is -2.34. The first kappa shape index (κ1) is 16.7. The number of hydrogen-bond acceptors (Lipinski definition) is 3. The van der Waals surface area contributed by atoms with Gasteiger partial charge in [0.2, 0.25) is 0 Å². The third-order valence-corrected chi connectivity index (χ3v) is 2.48. The van der Waals surface area contributed by atoms with Gasteiger partial charge in [-0.25, -0.2) is 8.78 Å². The summed E-state index contributed by atoms with van der Waals surface area (Å²) in [7, 11) is 0. The lowest BCUT2D eigenvalue weighted by Gasteiger charge is -2.17. The Balaban J connectivity index is 2.61. The molecular weight excluding hydrogens is 276 g/mol. The molecule has 0 saturated heterocycles. The maximum Gasteiger partial charge on any atom is 0.340 e. The third kappa shape index (κ3) is 5.32. The fraction of sp³-hybridized carbons (Fsp3) is 0.615. The van der Waals surface area contributed by atoms with Crippen LogP contribution in [0.4, 0.5) is 17.6 Å². The van der Waals surface area contributed by atoms with E-state index < -0.39 is 19.0 Å². The van der Waals surface area contributed by atoms with Gasteiger partial charge < -0.3 is 10.1 Å². The molecule has 3 nitrogen and oxygen atoms in total. The van der Waals surface area contributed by atoms with E-state index in [0.717, 1.165) is 6.54 Å². The van der Waals surface area contributed by atoms with Crippen molar-refractivity contribution in [2.45, 2.75) is 32.7 Å². The van der Waals surface area contributed by atoms with Crippen molar-refractivity contribution in [2.75, 3.05) is 13.2 Å². The number of hydrogen-bond donors (Lipinski definition) is 1. The van der Waals surface area contributed by atoms with Gasteiger partial charge in [0.05, 0.1) is 6.20 Å². The van der Waals surface area contributed by atoms with Crippen LogP contribution in [0.5, 0.6) is 5.75 Å². The topological polar surface area (TPSA) is 34.2 Å². The first-order chi connectivity index (χ1) is 9.33. The van der Waals surface area contributed by atoms with Gasteiger partial charge in [0.1, 0.15) is 5.75 Å². The minimum Gasteiger partial charge on any atom is -0.485 e. The van der Waals surface area contributed by atoms with Crippen LogP contribution in [0.25, 0.3) is 0 Å². The summed E-state index contributed by atoms with van der Waals surface area (Å²) in [6.07, 6.45) is -1.01. The van der Waals surface area contributed by atoms with Crippen LogP contribution in [-0.4, -0.2) is 30.5 Å². The number of alkyl halides is 4. The van der Waals surface area contributed by atoms with Gasteiger partial charge in [0.25, 0.3) is 0 Å². The van der Waals surface area contributed by atoms with Crippen LogP contribution in [0.15, 0.2) is 18.5 Å². The Hall–Kier alpha value is -1.37. The number of nitrogens with zero attached hydrogens (tertiary/aromatic N) is 1. The monoisotopic (exact) mass is 294 g/mol. The Morgan fingerprint density at radius 1 is 1.35 bits per heavy atom. The largest absolute Gasteiger partial charge is 0.485 e. The average molecular weight is 294 g/mol. The second kappa shape index (κ2) is 7.42. The summed E-state index contributed by atoms with van der Waals surface area (Å²) in [5.74, 6) is -3.65. The second-order valence-electron chi connectivity index (χ2n) is 4.86. The molecule has 1 rings (SSSR count). The maximum absolute atomic E-state index is 12.8. The average Bonchev–Trinajstić information content (AvgIpc) is 2.37. The van der Waals surface area contributed by atoms with Crippen molar-refractivity contribution in [2.24, 2.45) is 5.92 Å². The number of pyridine rings is 1. The van der Waals surface area contributed by atoms with E-state index in [1.54, 1.807) is 6.07 Å². The minimum absolute atomic E-state index is 0.0871. The third-order valence-electron chi connectivity index (χ3n) is 2.48. The number of nitrogens with one attached hydrogen (secondary N) is 1. The van der Waals surface area contributed by atoms with Gasteiger partial charge in [-0.3, -0.25) is 4.98 Å². The molecule has 0 aliphatic rings. The molecule has 0 aliphatic carbocycles. The highest BCUT2D eigenvalue weighted by atomic mass is 19.3. The van der Waals surface area contributed by atoms with E-state index in [-0.39, 0.29) is 5.75 Å². The number of rotatable bonds is 8. The fourth-order valence-corrected chi connectivity index (χ4v) is 1.42. The van der Waals surface area contributed by atoms with Gasteiger partial charge in [-0.1, -0.05) is 13.8 Å². The van der Waals surface area contributed by atoms with E-state index in [0.29, 0.717) is 18.0 Å². The smallest absolute Gasteiger partial charge is 0.340 e. The number of halogens is 4. The molecule has 114 valence electrons. The van der Waals surface area contributed by atoms with Crippen LogP contribution >= 0.6 is 0 Å². The molecule has 20 heavy (non-hydrogen) atoms. The molecule has 1 aromatic heterocycles. The Morgan fingerprint density at radius 3 is 2.65 bits per heavy atom. The van der Waals surface area contributed by atoms with Crippen LogP contribution in [0.2, 0.25) is 0 Å². The van der Waals surface area contributed by atoms with Gasteiger partial charge in [-0.05, 0) is 18.5 Å². The molecule has 0 radical (unpaired) electrons. The zero-order chi connectivity index (χ0) is 15.2. The summed E-state index contributed by atoms with van der Waals surface area (Å²) in [5.41, 5.74) is 0.603. The molecule has 0 atom stereocenters. The highest BCUT2D eigenvalue weighted by Crippen LogP contribution is 2.25. The Labute approximate surface area is 115 Å². The zero-order valence-corrected chi connectivity index (χ0v) is 11.4. The van der Waals surface area contributed by atoms with Crippen LogP contribution < -0.4 is 10.1 Å². The van der Waals surface area contributed by atoms with Crippen molar-refractivity contribution in [1.29, 1.82) is 0 Å². The van der Waals surface area contributed by atoms with Crippen molar-refractivity contribution in [1.82, 2.24) is 10.3 Å². The summed E-state index contributed by atoms with van der Waals surface area (Å²) < 4.78 is 54.5. The first-order valence-corrected chi connectivity index (χ1v) is 6.25. The molecule has 7 heteroatoms. The standard InChI is InChI=1S/C13H18F4N2O/c1-9(2)5-19-6-10-3-4-18-7-11(10)20-8-13(16,17)12(14)15/h3-4,7,9,12,19H,5-6,8H2,1-2H3. The second-order valence-corrected chi connectivity index (χ2v) is 4.86. The van der Waals surface area contributed by atoms with Gasteiger partial charge >= 0.3 is 12.3 Å². The molecule has 0 amide bonds. The number of ether oxygens (including phenoxy) is 1. The van der Waals surface area contributed by atoms with Crippen molar-refractivity contribution in [3.05, 3.63) is 24.0 Å². The molecule has 0 aliphatic heterocycles. The lowest BCUT2D eigenvalue weighted by molar-refractivity contribution is -0.148. The van der Waals surface area contributed by atoms with E-state index in [1.807, 2.05) is 13.8 Å². The highest BCUT2D eigenvalue weighted by Gasteiger charge is 2.41. The fourth-order valence-electron chi connectivity index (χ4n) is 1.42. The van der Waals surface area contributed by atoms with Crippen molar-refractivity contribution < 1.29 is 22.3 Å². The van der Waals surface area contributed by atoms with Gasteiger partial charge in [0, 0.05) is 18.3 Å². The van der Waals surface area contributed by atoms with E-state index in [4.69, 9.17) is 4.74 Å². The van der Waals surface area contributed by atoms with E-state index >= 15 is 0 Å². The lowest BCUT2D eigenvalue weighted by atomic mass is 10.2. The molecule has 0 bridgehead atoms. The van der Waals surface area contributed by atoms with Crippen LogP contribution in [0.1, 0.15) is 19.4 Å². The normalized spacial score (nSPS) is 12.2. The summed E-state index contributed by atoms with van der Waals surface area (Å²) >= 11 is 0. The van der Waals surface area contributed by atoms with Crippen LogP contribution in [-0.2, 0) is 6.54 Å². The van der Waals surface area contributed by atoms with Crippen molar-refractivity contribution in [3.8, 4) is 5.75 Å². The SMILES string of the molecule is CC(C)CNCc1ccncc1OCC(F)(F)C(F)F. The van der Waals surface area contributed by atoms with Gasteiger partial charge in [-0.2, -0.15) is 8.78 Å². The Bertz CT molecular complexity index is 413. The molecule has 0 aromatic carbocycles. The molecule has 0 saturated carbocycles. The Morgan fingerprint density at radius 2 is 2.05 bits per heavy atom. The Kier molecular flexibility index (Phi) is 6.19. The number of aromatic nitrogens is 1. The predicted octanol–water partition coefficient (Wildman–Crippen LogP) is 3.11. The van der Waals surface area contributed by atoms with E-state index in [1.165, 1.54) is 12.4 Å². The van der Waals surface area contributed by atoms with Crippen LogP contribution in [0.3, 0.4) is 0 Å². The quantitative estimate of drug-likeness (QED) is 0.748. The van der Waals surface area contributed by atoms with Crippen LogP contribution in [0, 0.1) is 5.92 Å². The highest BCUT2D eigenvalue weighted by molar-refractivity contribution is 5.29. The van der Waals surface area contributed by atoms with E-state index in [2.05, 4.69) is 10.3 Å². The van der Waals surface area contributed by atoms with Gasteiger partial charge in [0.15, 0.2) is 6.61 Å². The summed E-state index contributed by atoms with van der Waals surface area (Å²) in [5, 5.41) is 3.12. The molecule has 1 aromatic rings. The maximum atomic E-state index is 12.8. The molecule has 1 heterocycles. The zero-order valence-electron chi connectivity index (χ0n) is 11.4. The first-order valence-electron chi connectivity index (χ1n) is 6.25. The molecule has 0 fully saturated rings. The predicted molar refractivity (Wildman–Crippen MR) is 67.2 cm³/mol. The van der Waals surface area contributed by atoms with Crippen molar-refractivity contribution in [3.63, 3.8) is 0 Å². The minimum atomic E-state index is -4.17. The molecule has 0 unspecified atom stereocenters. The summed E-state index contributed by atoms with van der Waals surface area (Å²) in [6.45, 7) is 3.83. The van der Waals surface area contributed by atoms with E-state index in [9.17, 15) is 17.6 Å². The molecule has 0 spiro atoms. The molecule has 1 N–H and O–H groups in total. The van der Waals surface area contributed by atoms with Crippen molar-refractivity contribution >= 4 is 0 Å². The van der Waals surface area contributed by atoms with Gasteiger partial charge in [-0.15, -0.1) is 0 Å². The summed E-state index contributed by atoms with van der Waals surface area (Å²) in [4.78, 5) is 3.75. The summed E-state index contributed by atoms with van der Waals surface area (Å²) in [6, 6.07) is 1.60. The molecular formula is C13H18F4N2O.